The summed E-state index contributed by atoms with van der Waals surface area (Å²) >= 11 is 0. The van der Waals surface area contributed by atoms with Gasteiger partial charge in [-0.05, 0) is 42.3 Å². The number of rotatable bonds is 13. The summed E-state index contributed by atoms with van der Waals surface area (Å²) in [6.07, 6.45) is 6.24. The van der Waals surface area contributed by atoms with Crippen LogP contribution in [0.1, 0.15) is 29.8 Å². The molecule has 0 bridgehead atoms. The Kier molecular flexibility index (Phi) is 9.17. The predicted molar refractivity (Wildman–Crippen MR) is 168 cm³/mol. The second-order valence-corrected chi connectivity index (χ2v) is 10.5. The van der Waals surface area contributed by atoms with E-state index >= 15 is 0 Å². The third kappa shape index (κ3) is 7.28. The average molecular weight is 581 g/mol. The first-order valence-corrected chi connectivity index (χ1v) is 14.2. The van der Waals surface area contributed by atoms with Crippen LogP contribution in [0.5, 0.6) is 11.5 Å². The molecule has 0 aliphatic carbocycles. The van der Waals surface area contributed by atoms with Crippen molar-refractivity contribution in [2.75, 3.05) is 32.2 Å². The van der Waals surface area contributed by atoms with Crippen molar-refractivity contribution in [2.45, 2.75) is 32.9 Å². The lowest BCUT2D eigenvalue weighted by atomic mass is 10.1. The van der Waals surface area contributed by atoms with Crippen molar-refractivity contribution in [3.8, 4) is 22.8 Å². The number of carbonyl (C=O) groups is 1. The van der Waals surface area contributed by atoms with Crippen LogP contribution in [0, 0.1) is 0 Å². The lowest BCUT2D eigenvalue weighted by Gasteiger charge is -2.27. The quantitative estimate of drug-likeness (QED) is 0.184. The molecule has 5 aromatic rings. The standard InChI is InChI=1S/C33H36N6O4/c1-22(2)34-12-14-39(27-15-28(42-3)18-29(16-27)43-4)26-9-10-30-31(17-26)37-32(20-35-30)25-19-36-38(21-25)13-11-23-5-7-24(8-6-23)33(40)41/h5-10,15-22,34H,11-14H2,1-4H3,(H,40,41). The zero-order valence-corrected chi connectivity index (χ0v) is 24.8. The number of fused-ring (bicyclic) bond motifs is 1. The van der Waals surface area contributed by atoms with Crippen molar-refractivity contribution >= 4 is 28.4 Å². The molecule has 0 saturated heterocycles. The van der Waals surface area contributed by atoms with Gasteiger partial charge in [0, 0.05) is 67.0 Å². The summed E-state index contributed by atoms with van der Waals surface area (Å²) in [6, 6.07) is 19.2. The monoisotopic (exact) mass is 580 g/mol. The number of anilines is 2. The third-order valence-corrected chi connectivity index (χ3v) is 7.13. The number of methoxy groups -OCH3 is 2. The smallest absolute Gasteiger partial charge is 0.335 e. The second-order valence-electron chi connectivity index (χ2n) is 10.5. The van der Waals surface area contributed by atoms with Gasteiger partial charge in [-0.2, -0.15) is 5.10 Å². The van der Waals surface area contributed by atoms with Gasteiger partial charge in [0.2, 0.25) is 0 Å². The number of aryl methyl sites for hydroxylation is 2. The summed E-state index contributed by atoms with van der Waals surface area (Å²) in [5.41, 5.74) is 6.43. The number of benzene rings is 3. The highest BCUT2D eigenvalue weighted by Crippen LogP contribution is 2.34. The van der Waals surface area contributed by atoms with Gasteiger partial charge in [0.25, 0.3) is 0 Å². The molecule has 10 nitrogen and oxygen atoms in total. The number of hydrogen-bond donors (Lipinski definition) is 2. The molecule has 0 radical (unpaired) electrons. The number of carboxylic acids is 1. The fourth-order valence-electron chi connectivity index (χ4n) is 4.80. The molecule has 222 valence electrons. The van der Waals surface area contributed by atoms with Gasteiger partial charge in [-0.25, -0.2) is 9.78 Å². The van der Waals surface area contributed by atoms with Crippen molar-refractivity contribution in [1.82, 2.24) is 25.1 Å². The van der Waals surface area contributed by atoms with E-state index in [9.17, 15) is 4.79 Å². The van der Waals surface area contributed by atoms with Crippen molar-refractivity contribution in [2.24, 2.45) is 0 Å². The molecule has 43 heavy (non-hydrogen) atoms. The molecule has 2 aromatic heterocycles. The number of aromatic nitrogens is 4. The van der Waals surface area contributed by atoms with E-state index < -0.39 is 5.97 Å². The Labute approximate surface area is 250 Å². The molecule has 0 fully saturated rings. The molecule has 0 aliphatic heterocycles. The topological polar surface area (TPSA) is 115 Å². The van der Waals surface area contributed by atoms with Crippen molar-refractivity contribution in [3.05, 3.63) is 90.4 Å². The van der Waals surface area contributed by atoms with E-state index in [-0.39, 0.29) is 5.56 Å². The molecule has 0 spiro atoms. The lowest BCUT2D eigenvalue weighted by molar-refractivity contribution is 0.0697. The van der Waals surface area contributed by atoms with Crippen LogP contribution in [0.4, 0.5) is 11.4 Å². The van der Waals surface area contributed by atoms with Gasteiger partial charge in [0.15, 0.2) is 0 Å². The molecule has 0 unspecified atom stereocenters. The molecule has 2 heterocycles. The van der Waals surface area contributed by atoms with Crippen molar-refractivity contribution < 1.29 is 19.4 Å². The van der Waals surface area contributed by atoms with E-state index in [4.69, 9.17) is 19.6 Å². The Morgan fingerprint density at radius 1 is 0.953 bits per heavy atom. The first-order chi connectivity index (χ1) is 20.8. The molecule has 0 amide bonds. The van der Waals surface area contributed by atoms with Gasteiger partial charge < -0.3 is 24.8 Å². The van der Waals surface area contributed by atoms with Crippen LogP contribution in [0.15, 0.2) is 79.3 Å². The first kappa shape index (κ1) is 29.5. The summed E-state index contributed by atoms with van der Waals surface area (Å²) < 4.78 is 13.0. The zero-order chi connectivity index (χ0) is 30.3. The normalized spacial score (nSPS) is 11.2. The SMILES string of the molecule is COc1cc(OC)cc(N(CCNC(C)C)c2ccc3ncc(-c4cnn(CCc5ccc(C(=O)O)cc5)c4)nc3c2)c1. The summed E-state index contributed by atoms with van der Waals surface area (Å²) in [5.74, 6) is 0.505. The van der Waals surface area contributed by atoms with Gasteiger partial charge in [0.1, 0.15) is 11.5 Å². The summed E-state index contributed by atoms with van der Waals surface area (Å²) in [6.45, 7) is 6.42. The van der Waals surface area contributed by atoms with Crippen molar-refractivity contribution in [1.29, 1.82) is 0 Å². The number of aromatic carboxylic acids is 1. The second kappa shape index (κ2) is 13.3. The van der Waals surface area contributed by atoms with E-state index in [1.807, 2.05) is 47.3 Å². The van der Waals surface area contributed by atoms with Gasteiger partial charge >= 0.3 is 5.97 Å². The number of hydrogen-bond acceptors (Lipinski definition) is 8. The Morgan fingerprint density at radius 2 is 1.70 bits per heavy atom. The number of nitrogens with zero attached hydrogens (tertiary/aromatic N) is 5. The number of carboxylic acid groups (broad SMARTS) is 1. The molecule has 0 aliphatic rings. The van der Waals surface area contributed by atoms with Gasteiger partial charge in [-0.3, -0.25) is 9.67 Å². The summed E-state index contributed by atoms with van der Waals surface area (Å²) in [5, 5.41) is 17.1. The molecule has 10 heteroatoms. The first-order valence-electron chi connectivity index (χ1n) is 14.2. The van der Waals surface area contributed by atoms with Crippen LogP contribution < -0.4 is 19.7 Å². The Balaban J connectivity index is 1.39. The fourth-order valence-corrected chi connectivity index (χ4v) is 4.80. The Morgan fingerprint density at radius 3 is 2.37 bits per heavy atom. The lowest BCUT2D eigenvalue weighted by Crippen LogP contribution is -2.32. The van der Waals surface area contributed by atoms with Crippen LogP contribution in [-0.2, 0) is 13.0 Å². The summed E-state index contributed by atoms with van der Waals surface area (Å²) in [4.78, 5) is 22.9. The zero-order valence-electron chi connectivity index (χ0n) is 24.8. The summed E-state index contributed by atoms with van der Waals surface area (Å²) in [7, 11) is 3.30. The van der Waals surface area contributed by atoms with Gasteiger partial charge in [0.05, 0.1) is 48.9 Å². The highest BCUT2D eigenvalue weighted by Gasteiger charge is 2.15. The Hall–Kier alpha value is -4.96. The van der Waals surface area contributed by atoms with Gasteiger partial charge in [-0.15, -0.1) is 0 Å². The van der Waals surface area contributed by atoms with Crippen LogP contribution in [0.25, 0.3) is 22.3 Å². The maximum atomic E-state index is 11.1. The van der Waals surface area contributed by atoms with E-state index in [0.29, 0.717) is 24.1 Å². The molecular weight excluding hydrogens is 544 g/mol. The number of nitrogens with one attached hydrogen (secondary N) is 1. The van der Waals surface area contributed by atoms with Crippen LogP contribution >= 0.6 is 0 Å². The average Bonchev–Trinajstić information content (AvgIpc) is 3.50. The maximum absolute atomic E-state index is 11.1. The molecule has 5 rings (SSSR count). The molecular formula is C33H36N6O4. The minimum absolute atomic E-state index is 0.279. The van der Waals surface area contributed by atoms with E-state index in [2.05, 4.69) is 46.3 Å². The Bertz CT molecular complexity index is 1680. The highest BCUT2D eigenvalue weighted by atomic mass is 16.5. The highest BCUT2D eigenvalue weighted by molar-refractivity contribution is 5.87. The van der Waals surface area contributed by atoms with Crippen LogP contribution in [0.3, 0.4) is 0 Å². The number of ether oxygens (including phenoxy) is 2. The van der Waals surface area contributed by atoms with Gasteiger partial charge in [-0.1, -0.05) is 26.0 Å². The minimum atomic E-state index is -0.928. The maximum Gasteiger partial charge on any atom is 0.335 e. The van der Waals surface area contributed by atoms with E-state index in [1.165, 1.54) is 0 Å². The van der Waals surface area contributed by atoms with Crippen molar-refractivity contribution in [3.63, 3.8) is 0 Å². The van der Waals surface area contributed by atoms with E-state index in [0.717, 1.165) is 58.7 Å². The molecule has 0 atom stereocenters. The van der Waals surface area contributed by atoms with Crippen LogP contribution in [0.2, 0.25) is 0 Å². The largest absolute Gasteiger partial charge is 0.497 e. The predicted octanol–water partition coefficient (Wildman–Crippen LogP) is 5.59. The third-order valence-electron chi connectivity index (χ3n) is 7.13. The minimum Gasteiger partial charge on any atom is -0.497 e. The fraction of sp³-hybridized carbons (Fsp3) is 0.273. The molecule has 2 N–H and O–H groups in total. The molecule has 3 aromatic carbocycles. The van der Waals surface area contributed by atoms with Crippen LogP contribution in [-0.4, -0.2) is 64.2 Å². The van der Waals surface area contributed by atoms with E-state index in [1.54, 1.807) is 38.7 Å². The molecule has 0 saturated carbocycles.